The average molecular weight is 297 g/mol. The van der Waals surface area contributed by atoms with Crippen molar-refractivity contribution < 1.29 is 9.53 Å². The molecule has 0 radical (unpaired) electrons. The molecular formula is C19H23NO2. The van der Waals surface area contributed by atoms with Crippen LogP contribution in [-0.4, -0.2) is 19.6 Å². The average Bonchev–Trinajstić information content (AvgIpc) is 2.58. The van der Waals surface area contributed by atoms with Crippen molar-refractivity contribution in [1.29, 1.82) is 0 Å². The third kappa shape index (κ3) is 5.24. The van der Waals surface area contributed by atoms with Gasteiger partial charge in [0, 0.05) is 13.0 Å². The van der Waals surface area contributed by atoms with Crippen LogP contribution in [0.1, 0.15) is 24.0 Å². The normalized spacial score (nSPS) is 10.2. The van der Waals surface area contributed by atoms with Crippen molar-refractivity contribution in [2.45, 2.75) is 25.7 Å². The van der Waals surface area contributed by atoms with Crippen LogP contribution in [0, 0.1) is 0 Å². The summed E-state index contributed by atoms with van der Waals surface area (Å²) in [7, 11) is 1.68. The smallest absolute Gasteiger partial charge is 0.220 e. The molecule has 0 aliphatic heterocycles. The molecular weight excluding hydrogens is 274 g/mol. The van der Waals surface area contributed by atoms with Crippen LogP contribution in [0.25, 0.3) is 0 Å². The summed E-state index contributed by atoms with van der Waals surface area (Å²) in [6.07, 6.45) is 3.15. The van der Waals surface area contributed by atoms with Gasteiger partial charge in [0.15, 0.2) is 0 Å². The van der Waals surface area contributed by atoms with Gasteiger partial charge in [-0.2, -0.15) is 0 Å². The van der Waals surface area contributed by atoms with Gasteiger partial charge >= 0.3 is 0 Å². The monoisotopic (exact) mass is 297 g/mol. The Morgan fingerprint density at radius 1 is 1.00 bits per heavy atom. The van der Waals surface area contributed by atoms with Crippen LogP contribution >= 0.6 is 0 Å². The van der Waals surface area contributed by atoms with Crippen LogP contribution in [0.15, 0.2) is 54.6 Å². The van der Waals surface area contributed by atoms with E-state index in [1.807, 2.05) is 36.4 Å². The lowest BCUT2D eigenvalue weighted by molar-refractivity contribution is -0.121. The number of nitrogens with one attached hydrogen (secondary N) is 1. The van der Waals surface area contributed by atoms with Gasteiger partial charge in [0.2, 0.25) is 5.91 Å². The van der Waals surface area contributed by atoms with E-state index >= 15 is 0 Å². The predicted octanol–water partition coefficient (Wildman–Crippen LogP) is 3.38. The van der Waals surface area contributed by atoms with Crippen LogP contribution < -0.4 is 10.1 Å². The molecule has 2 rings (SSSR count). The number of rotatable bonds is 8. The van der Waals surface area contributed by atoms with E-state index in [0.29, 0.717) is 13.0 Å². The second-order valence-electron chi connectivity index (χ2n) is 5.25. The van der Waals surface area contributed by atoms with Crippen LogP contribution in [0.2, 0.25) is 0 Å². The molecule has 0 aromatic heterocycles. The maximum absolute atomic E-state index is 11.8. The SMILES string of the molecule is COc1ccccc1CCCNC(=O)CCc1ccccc1. The highest BCUT2D eigenvalue weighted by Crippen LogP contribution is 2.18. The van der Waals surface area contributed by atoms with Gasteiger partial charge in [-0.15, -0.1) is 0 Å². The van der Waals surface area contributed by atoms with E-state index in [-0.39, 0.29) is 5.91 Å². The zero-order valence-corrected chi connectivity index (χ0v) is 13.0. The largest absolute Gasteiger partial charge is 0.496 e. The van der Waals surface area contributed by atoms with Crippen molar-refractivity contribution in [3.63, 3.8) is 0 Å². The highest BCUT2D eigenvalue weighted by atomic mass is 16.5. The van der Waals surface area contributed by atoms with Gasteiger partial charge in [-0.3, -0.25) is 4.79 Å². The molecule has 1 N–H and O–H groups in total. The third-order valence-corrected chi connectivity index (χ3v) is 3.62. The van der Waals surface area contributed by atoms with Crippen molar-refractivity contribution in [2.24, 2.45) is 0 Å². The Hall–Kier alpha value is -2.29. The molecule has 3 heteroatoms. The topological polar surface area (TPSA) is 38.3 Å². The summed E-state index contributed by atoms with van der Waals surface area (Å²) in [6.45, 7) is 0.700. The van der Waals surface area contributed by atoms with E-state index in [1.165, 1.54) is 11.1 Å². The predicted molar refractivity (Wildman–Crippen MR) is 89.1 cm³/mol. The molecule has 22 heavy (non-hydrogen) atoms. The second-order valence-corrected chi connectivity index (χ2v) is 5.25. The fraction of sp³-hybridized carbons (Fsp3) is 0.316. The molecule has 0 saturated heterocycles. The standard InChI is InChI=1S/C19H23NO2/c1-22-18-12-6-5-10-17(18)11-7-15-20-19(21)14-13-16-8-3-2-4-9-16/h2-6,8-10,12H,7,11,13-15H2,1H3,(H,20,21). The minimum atomic E-state index is 0.115. The minimum Gasteiger partial charge on any atom is -0.496 e. The molecule has 2 aromatic carbocycles. The third-order valence-electron chi connectivity index (χ3n) is 3.62. The van der Waals surface area contributed by atoms with E-state index in [9.17, 15) is 4.79 Å². The van der Waals surface area contributed by atoms with Crippen molar-refractivity contribution in [3.05, 3.63) is 65.7 Å². The van der Waals surface area contributed by atoms with E-state index in [4.69, 9.17) is 4.74 Å². The molecule has 0 atom stereocenters. The first kappa shape index (κ1) is 16.1. The Labute approximate surface area is 132 Å². The first-order valence-corrected chi connectivity index (χ1v) is 7.72. The van der Waals surface area contributed by atoms with Gasteiger partial charge in [-0.1, -0.05) is 48.5 Å². The number of methoxy groups -OCH3 is 1. The Kier molecular flexibility index (Phi) is 6.49. The number of para-hydroxylation sites is 1. The van der Waals surface area contributed by atoms with E-state index < -0.39 is 0 Å². The first-order chi connectivity index (χ1) is 10.8. The van der Waals surface area contributed by atoms with Crippen LogP contribution in [0.3, 0.4) is 0 Å². The van der Waals surface area contributed by atoms with Gasteiger partial charge in [0.25, 0.3) is 0 Å². The summed E-state index contributed by atoms with van der Waals surface area (Å²) in [4.78, 5) is 11.8. The van der Waals surface area contributed by atoms with Crippen molar-refractivity contribution >= 4 is 5.91 Å². The van der Waals surface area contributed by atoms with E-state index in [1.54, 1.807) is 7.11 Å². The van der Waals surface area contributed by atoms with Crippen LogP contribution in [0.5, 0.6) is 5.75 Å². The van der Waals surface area contributed by atoms with Gasteiger partial charge in [-0.25, -0.2) is 0 Å². The number of amides is 1. The first-order valence-electron chi connectivity index (χ1n) is 7.72. The molecule has 0 saturated carbocycles. The molecule has 2 aromatic rings. The Bertz CT molecular complexity index is 581. The summed E-state index contributed by atoms with van der Waals surface area (Å²) in [5.74, 6) is 1.03. The molecule has 3 nitrogen and oxygen atoms in total. The number of aryl methyl sites for hydroxylation is 2. The molecule has 0 spiro atoms. The summed E-state index contributed by atoms with van der Waals surface area (Å²) in [5.41, 5.74) is 2.38. The molecule has 0 aliphatic carbocycles. The maximum atomic E-state index is 11.8. The maximum Gasteiger partial charge on any atom is 0.220 e. The van der Waals surface area contributed by atoms with Crippen molar-refractivity contribution in [3.8, 4) is 5.75 Å². The van der Waals surface area contributed by atoms with E-state index in [2.05, 4.69) is 23.5 Å². The Morgan fingerprint density at radius 2 is 1.73 bits per heavy atom. The lowest BCUT2D eigenvalue weighted by Crippen LogP contribution is -2.25. The van der Waals surface area contributed by atoms with Gasteiger partial charge in [-0.05, 0) is 36.5 Å². The van der Waals surface area contributed by atoms with Gasteiger partial charge in [0.05, 0.1) is 7.11 Å². The minimum absolute atomic E-state index is 0.115. The van der Waals surface area contributed by atoms with E-state index in [0.717, 1.165) is 25.0 Å². The van der Waals surface area contributed by atoms with Gasteiger partial charge in [0.1, 0.15) is 5.75 Å². The molecule has 116 valence electrons. The number of carbonyl (C=O) groups is 1. The molecule has 0 heterocycles. The zero-order chi connectivity index (χ0) is 15.6. The lowest BCUT2D eigenvalue weighted by Gasteiger charge is -2.09. The summed E-state index contributed by atoms with van der Waals surface area (Å²) in [6, 6.07) is 18.1. The number of benzene rings is 2. The Morgan fingerprint density at radius 3 is 2.50 bits per heavy atom. The highest BCUT2D eigenvalue weighted by Gasteiger charge is 2.03. The molecule has 1 amide bonds. The highest BCUT2D eigenvalue weighted by molar-refractivity contribution is 5.76. The van der Waals surface area contributed by atoms with Crippen LogP contribution in [-0.2, 0) is 17.6 Å². The van der Waals surface area contributed by atoms with Crippen molar-refractivity contribution in [1.82, 2.24) is 5.32 Å². The van der Waals surface area contributed by atoms with Gasteiger partial charge < -0.3 is 10.1 Å². The fourth-order valence-electron chi connectivity index (χ4n) is 2.41. The second kappa shape index (κ2) is 8.88. The lowest BCUT2D eigenvalue weighted by atomic mass is 10.1. The fourth-order valence-corrected chi connectivity index (χ4v) is 2.41. The number of ether oxygens (including phenoxy) is 1. The number of hydrogen-bond acceptors (Lipinski definition) is 2. The molecule has 0 fully saturated rings. The summed E-state index contributed by atoms with van der Waals surface area (Å²) < 4.78 is 5.32. The molecule has 0 aliphatic rings. The van der Waals surface area contributed by atoms with Crippen molar-refractivity contribution in [2.75, 3.05) is 13.7 Å². The zero-order valence-electron chi connectivity index (χ0n) is 13.0. The summed E-state index contributed by atoms with van der Waals surface area (Å²) >= 11 is 0. The quantitative estimate of drug-likeness (QED) is 0.759. The Balaban J connectivity index is 1.65. The molecule has 0 bridgehead atoms. The molecule has 0 unspecified atom stereocenters. The number of hydrogen-bond donors (Lipinski definition) is 1. The number of carbonyl (C=O) groups excluding carboxylic acids is 1. The summed E-state index contributed by atoms with van der Waals surface area (Å²) in [5, 5.41) is 2.98. The van der Waals surface area contributed by atoms with Crippen LogP contribution in [0.4, 0.5) is 0 Å².